The highest BCUT2D eigenvalue weighted by molar-refractivity contribution is 5.20. The van der Waals surface area contributed by atoms with Crippen molar-refractivity contribution >= 4 is 0 Å². The highest BCUT2D eigenvalue weighted by Gasteiger charge is 2.71. The molecule has 11 unspecified atom stereocenters. The van der Waals surface area contributed by atoms with Gasteiger partial charge in [-0.3, -0.25) is 0 Å². The summed E-state index contributed by atoms with van der Waals surface area (Å²) in [5.41, 5.74) is 0.0438. The third kappa shape index (κ3) is 3.60. The third-order valence-corrected chi connectivity index (χ3v) is 12.3. The van der Waals surface area contributed by atoms with Crippen molar-refractivity contribution in [1.82, 2.24) is 0 Å². The Kier molecular flexibility index (Phi) is 6.50. The van der Waals surface area contributed by atoms with Crippen molar-refractivity contribution in [3.05, 3.63) is 11.6 Å². The minimum absolute atomic E-state index is 0.0420. The fraction of sp³-hybridized carbons (Fsp3) is 0.933. The van der Waals surface area contributed by atoms with E-state index in [1.54, 1.807) is 0 Å². The van der Waals surface area contributed by atoms with E-state index in [2.05, 4.69) is 54.5 Å². The van der Waals surface area contributed by atoms with Crippen molar-refractivity contribution in [2.75, 3.05) is 0 Å². The Labute approximate surface area is 208 Å². The summed E-state index contributed by atoms with van der Waals surface area (Å²) in [6.45, 7) is 17.7. The summed E-state index contributed by atoms with van der Waals surface area (Å²) in [6, 6.07) is 0. The maximum atomic E-state index is 11.8. The molecule has 0 radical (unpaired) electrons. The molecule has 4 heteroatoms. The molecule has 0 aromatic carbocycles. The summed E-state index contributed by atoms with van der Waals surface area (Å²) >= 11 is 0. The standard InChI is InChI=1S/C30H52O4/c1-18(2)10-9-13-30(8,34)19-11-14-29(7)24(19)20(31)16-23-27(5)17-21(32)25(33)26(3,4)22(27)12-15-28(23,29)6/h10,19-25,31-34H,9,11-17H2,1-8H3. The van der Waals surface area contributed by atoms with Gasteiger partial charge in [0.05, 0.1) is 23.9 Å². The van der Waals surface area contributed by atoms with Gasteiger partial charge in [0.25, 0.3) is 0 Å². The Balaban J connectivity index is 1.68. The number of aliphatic hydroxyl groups excluding tert-OH is 3. The number of aliphatic hydroxyl groups is 4. The monoisotopic (exact) mass is 476 g/mol. The van der Waals surface area contributed by atoms with Gasteiger partial charge in [-0.25, -0.2) is 0 Å². The summed E-state index contributed by atoms with van der Waals surface area (Å²) in [6.07, 6.45) is 7.49. The van der Waals surface area contributed by atoms with Crippen LogP contribution in [0.1, 0.15) is 107 Å². The number of allylic oxidation sites excluding steroid dienone is 2. The Bertz CT molecular complexity index is 813. The molecule has 0 spiro atoms. The van der Waals surface area contributed by atoms with Crippen molar-refractivity contribution in [2.24, 2.45) is 45.3 Å². The lowest BCUT2D eigenvalue weighted by atomic mass is 9.35. The highest BCUT2D eigenvalue weighted by atomic mass is 16.3. The lowest BCUT2D eigenvalue weighted by molar-refractivity contribution is -0.263. The van der Waals surface area contributed by atoms with Crippen LogP contribution < -0.4 is 0 Å². The fourth-order valence-corrected chi connectivity index (χ4v) is 10.4. The minimum Gasteiger partial charge on any atom is -0.393 e. The van der Waals surface area contributed by atoms with Crippen LogP contribution in [0.2, 0.25) is 0 Å². The van der Waals surface area contributed by atoms with E-state index >= 15 is 0 Å². The SMILES string of the molecule is CC(C)=CCCC(C)(O)C1CCC2(C)C1C(O)CC1C3(C)CC(O)C(O)C(C)(C)C3CCC12C. The van der Waals surface area contributed by atoms with Crippen molar-refractivity contribution in [2.45, 2.75) is 131 Å². The summed E-state index contributed by atoms with van der Waals surface area (Å²) < 4.78 is 0. The Morgan fingerprint density at radius 2 is 1.53 bits per heavy atom. The molecular weight excluding hydrogens is 424 g/mol. The average molecular weight is 477 g/mol. The highest BCUT2D eigenvalue weighted by Crippen LogP contribution is 2.75. The van der Waals surface area contributed by atoms with Crippen LogP contribution in [0.4, 0.5) is 0 Å². The van der Waals surface area contributed by atoms with E-state index in [0.29, 0.717) is 18.3 Å². The van der Waals surface area contributed by atoms with Crippen LogP contribution in [-0.2, 0) is 0 Å². The second-order valence-electron chi connectivity index (χ2n) is 14.7. The molecule has 0 heterocycles. The molecule has 0 amide bonds. The molecule has 4 aliphatic carbocycles. The summed E-state index contributed by atoms with van der Waals surface area (Å²) in [4.78, 5) is 0. The lowest BCUT2D eigenvalue weighted by Crippen LogP contribution is -2.68. The average Bonchev–Trinajstić information content (AvgIpc) is 3.09. The van der Waals surface area contributed by atoms with Gasteiger partial charge in [0.2, 0.25) is 0 Å². The van der Waals surface area contributed by atoms with Crippen LogP contribution in [0.3, 0.4) is 0 Å². The Morgan fingerprint density at radius 3 is 2.15 bits per heavy atom. The van der Waals surface area contributed by atoms with Crippen LogP contribution in [0, 0.1) is 45.3 Å². The molecule has 0 saturated heterocycles. The fourth-order valence-electron chi connectivity index (χ4n) is 10.4. The van der Waals surface area contributed by atoms with Crippen LogP contribution in [0.25, 0.3) is 0 Å². The summed E-state index contributed by atoms with van der Waals surface area (Å²) in [5.74, 6) is 0.832. The van der Waals surface area contributed by atoms with Crippen LogP contribution in [-0.4, -0.2) is 44.3 Å². The quantitative estimate of drug-likeness (QED) is 0.406. The van der Waals surface area contributed by atoms with Gasteiger partial charge in [0, 0.05) is 0 Å². The normalized spacial score (nSPS) is 51.6. The van der Waals surface area contributed by atoms with Crippen molar-refractivity contribution in [3.63, 3.8) is 0 Å². The van der Waals surface area contributed by atoms with Gasteiger partial charge in [-0.15, -0.1) is 0 Å². The molecule has 4 N–H and O–H groups in total. The van der Waals surface area contributed by atoms with Crippen molar-refractivity contribution in [3.8, 4) is 0 Å². The maximum Gasteiger partial charge on any atom is 0.0852 e. The van der Waals surface area contributed by atoms with E-state index in [1.165, 1.54) is 5.57 Å². The van der Waals surface area contributed by atoms with Crippen molar-refractivity contribution in [1.29, 1.82) is 0 Å². The first-order valence-electron chi connectivity index (χ1n) is 13.9. The number of rotatable bonds is 4. The zero-order valence-electron chi connectivity index (χ0n) is 23.1. The van der Waals surface area contributed by atoms with E-state index in [9.17, 15) is 20.4 Å². The second-order valence-corrected chi connectivity index (χ2v) is 14.7. The second kappa shape index (κ2) is 8.30. The zero-order chi connectivity index (χ0) is 25.5. The van der Waals surface area contributed by atoms with Gasteiger partial charge in [0.1, 0.15) is 0 Å². The molecule has 11 atom stereocenters. The molecule has 4 aliphatic rings. The van der Waals surface area contributed by atoms with E-state index in [1.807, 2.05) is 6.92 Å². The van der Waals surface area contributed by atoms with E-state index < -0.39 is 23.9 Å². The zero-order valence-corrected chi connectivity index (χ0v) is 23.1. The van der Waals surface area contributed by atoms with Gasteiger partial charge < -0.3 is 20.4 Å². The predicted molar refractivity (Wildman–Crippen MR) is 137 cm³/mol. The van der Waals surface area contributed by atoms with Gasteiger partial charge in [-0.2, -0.15) is 0 Å². The smallest absolute Gasteiger partial charge is 0.0852 e. The Hall–Kier alpha value is -0.420. The molecule has 4 rings (SSSR count). The molecule has 196 valence electrons. The predicted octanol–water partition coefficient (Wildman–Crippen LogP) is 5.47. The van der Waals surface area contributed by atoms with E-state index in [-0.39, 0.29) is 33.5 Å². The summed E-state index contributed by atoms with van der Waals surface area (Å²) in [7, 11) is 0. The summed E-state index contributed by atoms with van der Waals surface area (Å²) in [5, 5.41) is 45.2. The molecule has 4 fully saturated rings. The van der Waals surface area contributed by atoms with E-state index in [0.717, 1.165) is 44.9 Å². The molecule has 0 aromatic rings. The number of hydrogen-bond acceptors (Lipinski definition) is 4. The molecular formula is C30H52O4. The number of hydrogen-bond donors (Lipinski definition) is 4. The lowest BCUT2D eigenvalue weighted by Gasteiger charge is -2.71. The minimum atomic E-state index is -0.785. The Morgan fingerprint density at radius 1 is 0.912 bits per heavy atom. The molecule has 0 aliphatic heterocycles. The molecule has 0 aromatic heterocycles. The van der Waals surface area contributed by atoms with Gasteiger partial charge in [-0.1, -0.05) is 46.3 Å². The van der Waals surface area contributed by atoms with Gasteiger partial charge in [-0.05, 0) is 117 Å². The van der Waals surface area contributed by atoms with E-state index in [4.69, 9.17) is 0 Å². The first kappa shape index (κ1) is 26.6. The first-order chi connectivity index (χ1) is 15.5. The van der Waals surface area contributed by atoms with Crippen LogP contribution in [0.15, 0.2) is 11.6 Å². The third-order valence-electron chi connectivity index (χ3n) is 12.3. The van der Waals surface area contributed by atoms with Crippen LogP contribution >= 0.6 is 0 Å². The van der Waals surface area contributed by atoms with Gasteiger partial charge in [0.15, 0.2) is 0 Å². The van der Waals surface area contributed by atoms with Crippen LogP contribution in [0.5, 0.6) is 0 Å². The largest absolute Gasteiger partial charge is 0.393 e. The van der Waals surface area contributed by atoms with Crippen molar-refractivity contribution < 1.29 is 20.4 Å². The number of fused-ring (bicyclic) bond motifs is 5. The molecule has 4 saturated carbocycles. The maximum absolute atomic E-state index is 11.8. The topological polar surface area (TPSA) is 80.9 Å². The van der Waals surface area contributed by atoms with Gasteiger partial charge >= 0.3 is 0 Å². The first-order valence-corrected chi connectivity index (χ1v) is 13.9. The molecule has 0 bridgehead atoms. The molecule has 34 heavy (non-hydrogen) atoms. The molecule has 4 nitrogen and oxygen atoms in total.